The van der Waals surface area contributed by atoms with Gasteiger partial charge >= 0.3 is 0 Å². The van der Waals surface area contributed by atoms with Crippen LogP contribution >= 0.6 is 0 Å². The second kappa shape index (κ2) is 3.84. The van der Waals surface area contributed by atoms with E-state index in [4.69, 9.17) is 5.73 Å². The van der Waals surface area contributed by atoms with Crippen LogP contribution in [0.5, 0.6) is 0 Å². The molecule has 2 N–H and O–H groups in total. The number of amides is 1. The summed E-state index contributed by atoms with van der Waals surface area (Å²) in [5.41, 5.74) is 6.75. The molecule has 2 fully saturated rings. The van der Waals surface area contributed by atoms with E-state index in [-0.39, 0.29) is 11.9 Å². The number of aromatic nitrogens is 2. The van der Waals surface area contributed by atoms with Gasteiger partial charge in [-0.15, -0.1) is 0 Å². The largest absolute Gasteiger partial charge is 0.338 e. The van der Waals surface area contributed by atoms with Crippen LogP contribution in [0.3, 0.4) is 0 Å². The van der Waals surface area contributed by atoms with Crippen LogP contribution in [0.25, 0.3) is 0 Å². The number of aryl methyl sites for hydroxylation is 1. The maximum absolute atomic E-state index is 12.2. The Kier molecular flexibility index (Phi) is 2.43. The van der Waals surface area contributed by atoms with Crippen molar-refractivity contribution in [2.45, 2.75) is 18.9 Å². The first-order chi connectivity index (χ1) is 8.15. The summed E-state index contributed by atoms with van der Waals surface area (Å²) in [5.74, 6) is 1.22. The highest BCUT2D eigenvalue weighted by atomic mass is 16.2. The quantitative estimate of drug-likeness (QED) is 0.756. The standard InChI is InChI=1S/C12H18N4O/c1-15-5-9(4-14-15)12(17)16-6-8-2-3-11(13)10(8)7-16/h4-5,8,10-11H,2-3,6-7,13H2,1H3. The first-order valence-electron chi connectivity index (χ1n) is 6.18. The molecule has 17 heavy (non-hydrogen) atoms. The van der Waals surface area contributed by atoms with Crippen molar-refractivity contribution in [3.8, 4) is 0 Å². The van der Waals surface area contributed by atoms with Crippen LogP contribution in [-0.2, 0) is 7.05 Å². The van der Waals surface area contributed by atoms with E-state index >= 15 is 0 Å². The van der Waals surface area contributed by atoms with Crippen molar-refractivity contribution >= 4 is 5.91 Å². The minimum absolute atomic E-state index is 0.0969. The fraction of sp³-hybridized carbons (Fsp3) is 0.667. The third-order valence-electron chi connectivity index (χ3n) is 4.15. The van der Waals surface area contributed by atoms with E-state index < -0.39 is 0 Å². The predicted molar refractivity (Wildman–Crippen MR) is 63.3 cm³/mol. The third kappa shape index (κ3) is 1.74. The molecule has 3 atom stereocenters. The molecule has 0 bridgehead atoms. The Hall–Kier alpha value is -1.36. The van der Waals surface area contributed by atoms with Gasteiger partial charge in [-0.25, -0.2) is 0 Å². The summed E-state index contributed by atoms with van der Waals surface area (Å²) in [6, 6.07) is 0.284. The first kappa shape index (κ1) is 10.8. The van der Waals surface area contributed by atoms with E-state index in [9.17, 15) is 4.79 Å². The molecule has 0 aromatic carbocycles. The average molecular weight is 234 g/mol. The van der Waals surface area contributed by atoms with E-state index in [2.05, 4.69) is 5.10 Å². The summed E-state index contributed by atoms with van der Waals surface area (Å²) in [5, 5.41) is 4.04. The minimum atomic E-state index is 0.0969. The van der Waals surface area contributed by atoms with Gasteiger partial charge in [-0.2, -0.15) is 5.10 Å². The van der Waals surface area contributed by atoms with Gasteiger partial charge in [0.1, 0.15) is 0 Å². The van der Waals surface area contributed by atoms with Crippen molar-refractivity contribution in [1.82, 2.24) is 14.7 Å². The van der Waals surface area contributed by atoms with Gasteiger partial charge in [0.2, 0.25) is 0 Å². The number of nitrogens with zero attached hydrogens (tertiary/aromatic N) is 3. The van der Waals surface area contributed by atoms with Crippen LogP contribution in [0.1, 0.15) is 23.2 Å². The summed E-state index contributed by atoms with van der Waals surface area (Å²) >= 11 is 0. The van der Waals surface area contributed by atoms with Crippen molar-refractivity contribution in [3.63, 3.8) is 0 Å². The number of fused-ring (bicyclic) bond motifs is 1. The molecule has 1 aliphatic heterocycles. The van der Waals surface area contributed by atoms with Crippen LogP contribution in [-0.4, -0.2) is 39.7 Å². The molecule has 92 valence electrons. The number of rotatable bonds is 1. The number of likely N-dealkylation sites (tertiary alicyclic amines) is 1. The minimum Gasteiger partial charge on any atom is -0.338 e. The molecule has 1 amide bonds. The highest BCUT2D eigenvalue weighted by Crippen LogP contribution is 2.37. The molecule has 1 aliphatic carbocycles. The van der Waals surface area contributed by atoms with E-state index in [1.165, 1.54) is 6.42 Å². The smallest absolute Gasteiger partial charge is 0.257 e. The monoisotopic (exact) mass is 234 g/mol. The summed E-state index contributed by atoms with van der Waals surface area (Å²) in [4.78, 5) is 14.2. The van der Waals surface area contributed by atoms with Gasteiger partial charge in [0.05, 0.1) is 11.8 Å². The lowest BCUT2D eigenvalue weighted by molar-refractivity contribution is 0.0779. The Morgan fingerprint density at radius 1 is 1.47 bits per heavy atom. The fourth-order valence-electron chi connectivity index (χ4n) is 3.19. The van der Waals surface area contributed by atoms with E-state index in [0.717, 1.165) is 19.5 Å². The van der Waals surface area contributed by atoms with Crippen LogP contribution in [0.4, 0.5) is 0 Å². The highest BCUT2D eigenvalue weighted by Gasteiger charge is 2.42. The second-order valence-electron chi connectivity index (χ2n) is 5.28. The normalized spacial score (nSPS) is 31.9. The zero-order valence-corrected chi connectivity index (χ0v) is 10.0. The topological polar surface area (TPSA) is 64.2 Å². The molecule has 1 aromatic heterocycles. The lowest BCUT2D eigenvalue weighted by atomic mass is 9.98. The second-order valence-corrected chi connectivity index (χ2v) is 5.28. The van der Waals surface area contributed by atoms with E-state index in [1.54, 1.807) is 17.1 Å². The number of hydrogen-bond donors (Lipinski definition) is 1. The summed E-state index contributed by atoms with van der Waals surface area (Å²) < 4.78 is 1.66. The molecule has 5 heteroatoms. The van der Waals surface area contributed by atoms with Crippen molar-refractivity contribution in [2.24, 2.45) is 24.6 Å². The van der Waals surface area contributed by atoms with Gasteiger partial charge in [0, 0.05) is 32.4 Å². The Labute approximate surface area is 101 Å². The molecule has 2 heterocycles. The van der Waals surface area contributed by atoms with Crippen molar-refractivity contribution in [2.75, 3.05) is 13.1 Å². The molecule has 3 unspecified atom stereocenters. The molecular formula is C12H18N4O. The molecule has 2 aliphatic rings. The number of carbonyl (C=O) groups excluding carboxylic acids is 1. The molecule has 1 saturated heterocycles. The number of hydrogen-bond acceptors (Lipinski definition) is 3. The van der Waals surface area contributed by atoms with Gasteiger partial charge in [-0.3, -0.25) is 9.48 Å². The van der Waals surface area contributed by atoms with Gasteiger partial charge in [-0.1, -0.05) is 0 Å². The Bertz CT molecular complexity index is 441. The van der Waals surface area contributed by atoms with Crippen molar-refractivity contribution < 1.29 is 4.79 Å². The SMILES string of the molecule is Cn1cc(C(=O)N2CC3CCC(N)C3C2)cn1. The Morgan fingerprint density at radius 2 is 2.29 bits per heavy atom. The lowest BCUT2D eigenvalue weighted by Crippen LogP contribution is -2.33. The van der Waals surface area contributed by atoms with Crippen LogP contribution in [0.15, 0.2) is 12.4 Å². The van der Waals surface area contributed by atoms with Crippen LogP contribution in [0.2, 0.25) is 0 Å². The Balaban J connectivity index is 1.73. The van der Waals surface area contributed by atoms with Gasteiger partial charge < -0.3 is 10.6 Å². The molecule has 5 nitrogen and oxygen atoms in total. The average Bonchev–Trinajstić information content (AvgIpc) is 2.96. The van der Waals surface area contributed by atoms with Gasteiger partial charge in [-0.05, 0) is 24.7 Å². The zero-order valence-electron chi connectivity index (χ0n) is 10.0. The van der Waals surface area contributed by atoms with Gasteiger partial charge in [0.25, 0.3) is 5.91 Å². The molecule has 0 radical (unpaired) electrons. The first-order valence-corrected chi connectivity index (χ1v) is 6.18. The van der Waals surface area contributed by atoms with Crippen molar-refractivity contribution in [1.29, 1.82) is 0 Å². The fourth-order valence-corrected chi connectivity index (χ4v) is 3.19. The molecule has 1 aromatic rings. The third-order valence-corrected chi connectivity index (χ3v) is 4.15. The molecular weight excluding hydrogens is 216 g/mol. The highest BCUT2D eigenvalue weighted by molar-refractivity contribution is 5.93. The van der Waals surface area contributed by atoms with E-state index in [0.29, 0.717) is 17.4 Å². The maximum Gasteiger partial charge on any atom is 0.257 e. The van der Waals surface area contributed by atoms with Crippen LogP contribution < -0.4 is 5.73 Å². The van der Waals surface area contributed by atoms with Crippen molar-refractivity contribution in [3.05, 3.63) is 18.0 Å². The zero-order chi connectivity index (χ0) is 12.0. The number of carbonyl (C=O) groups is 1. The predicted octanol–water partition coefficient (Wildman–Crippen LogP) is 0.229. The summed E-state index contributed by atoms with van der Waals surface area (Å²) in [7, 11) is 1.82. The van der Waals surface area contributed by atoms with Crippen LogP contribution in [0, 0.1) is 11.8 Å². The molecule has 0 spiro atoms. The molecule has 1 saturated carbocycles. The summed E-state index contributed by atoms with van der Waals surface area (Å²) in [6.45, 7) is 1.69. The lowest BCUT2D eigenvalue weighted by Gasteiger charge is -2.17. The van der Waals surface area contributed by atoms with Gasteiger partial charge in [0.15, 0.2) is 0 Å². The Morgan fingerprint density at radius 3 is 2.94 bits per heavy atom. The maximum atomic E-state index is 12.2. The van der Waals surface area contributed by atoms with E-state index in [1.807, 2.05) is 11.9 Å². The number of nitrogens with two attached hydrogens (primary N) is 1. The summed E-state index contributed by atoms with van der Waals surface area (Å²) in [6.07, 6.45) is 5.69. The molecule has 3 rings (SSSR count).